The average molecular weight is 276 g/mol. The third kappa shape index (κ3) is 2.97. The van der Waals surface area contributed by atoms with Crippen LogP contribution in [0, 0.1) is 13.8 Å². The quantitative estimate of drug-likeness (QED) is 0.903. The van der Waals surface area contributed by atoms with Crippen LogP contribution in [0.3, 0.4) is 0 Å². The van der Waals surface area contributed by atoms with Crippen molar-refractivity contribution in [2.24, 2.45) is 0 Å². The van der Waals surface area contributed by atoms with Gasteiger partial charge in [0, 0.05) is 10.9 Å². The van der Waals surface area contributed by atoms with Gasteiger partial charge in [-0.05, 0) is 37.1 Å². The predicted molar refractivity (Wildman–Crippen MR) is 72.9 cm³/mol. The van der Waals surface area contributed by atoms with Crippen LogP contribution in [0.4, 0.5) is 5.13 Å². The lowest BCUT2D eigenvalue weighted by molar-refractivity contribution is 0.0691. The Kier molecular flexibility index (Phi) is 3.62. The molecule has 0 aliphatic heterocycles. The minimum absolute atomic E-state index is 0.0691. The maximum Gasteiger partial charge on any atom is 0.355 e. The second kappa shape index (κ2) is 5.19. The van der Waals surface area contributed by atoms with E-state index >= 15 is 0 Å². The molecule has 1 aromatic heterocycles. The molecule has 0 spiro atoms. The smallest absolute Gasteiger partial charge is 0.355 e. The monoisotopic (exact) mass is 276 g/mol. The molecule has 0 bridgehead atoms. The number of thiazole rings is 1. The topological polar surface area (TPSA) is 79.3 Å². The second-order valence-electron chi connectivity index (χ2n) is 4.10. The van der Waals surface area contributed by atoms with E-state index in [0.717, 1.165) is 22.5 Å². The summed E-state index contributed by atoms with van der Waals surface area (Å²) in [6.45, 7) is 3.90. The molecule has 2 rings (SSSR count). The van der Waals surface area contributed by atoms with Crippen molar-refractivity contribution in [3.63, 3.8) is 0 Å². The van der Waals surface area contributed by atoms with Crippen LogP contribution in [-0.2, 0) is 0 Å². The van der Waals surface area contributed by atoms with E-state index in [-0.39, 0.29) is 16.7 Å². The van der Waals surface area contributed by atoms with Gasteiger partial charge in [-0.15, -0.1) is 11.3 Å². The molecule has 1 aromatic carbocycles. The molecule has 0 atom stereocenters. The number of aromatic carboxylic acids is 1. The number of anilines is 1. The predicted octanol–water partition coefficient (Wildman–Crippen LogP) is 2.71. The Labute approximate surface area is 113 Å². The van der Waals surface area contributed by atoms with Crippen molar-refractivity contribution in [1.82, 2.24) is 4.98 Å². The number of carbonyl (C=O) groups is 2. The minimum atomic E-state index is -1.11. The molecule has 98 valence electrons. The lowest BCUT2D eigenvalue weighted by Gasteiger charge is -2.04. The van der Waals surface area contributed by atoms with E-state index in [9.17, 15) is 9.59 Å². The first-order valence-electron chi connectivity index (χ1n) is 5.55. The largest absolute Gasteiger partial charge is 0.476 e. The number of hydrogen-bond acceptors (Lipinski definition) is 4. The molecule has 0 saturated heterocycles. The van der Waals surface area contributed by atoms with Crippen LogP contribution in [0.5, 0.6) is 0 Å². The standard InChI is InChI=1S/C13H12N2O3S/c1-7-3-4-9(5-8(7)2)11(16)15-13-14-10(6-19-13)12(17)18/h3-6H,1-2H3,(H,17,18)(H,14,15,16). The molecule has 0 radical (unpaired) electrons. The van der Waals surface area contributed by atoms with Gasteiger partial charge in [-0.25, -0.2) is 9.78 Å². The highest BCUT2D eigenvalue weighted by Gasteiger charge is 2.12. The van der Waals surface area contributed by atoms with Gasteiger partial charge in [0.15, 0.2) is 10.8 Å². The fraction of sp³-hybridized carbons (Fsp3) is 0.154. The molecule has 19 heavy (non-hydrogen) atoms. The van der Waals surface area contributed by atoms with Crippen LogP contribution < -0.4 is 5.32 Å². The summed E-state index contributed by atoms with van der Waals surface area (Å²) in [7, 11) is 0. The summed E-state index contributed by atoms with van der Waals surface area (Å²) in [4.78, 5) is 26.5. The second-order valence-corrected chi connectivity index (χ2v) is 4.95. The van der Waals surface area contributed by atoms with Crippen LogP contribution in [0.15, 0.2) is 23.6 Å². The number of nitrogens with one attached hydrogen (secondary N) is 1. The van der Waals surface area contributed by atoms with Crippen molar-refractivity contribution in [1.29, 1.82) is 0 Å². The van der Waals surface area contributed by atoms with Gasteiger partial charge in [0.25, 0.3) is 5.91 Å². The van der Waals surface area contributed by atoms with Crippen molar-refractivity contribution in [2.45, 2.75) is 13.8 Å². The Morgan fingerprint density at radius 2 is 2.00 bits per heavy atom. The fourth-order valence-corrected chi connectivity index (χ4v) is 2.16. The van der Waals surface area contributed by atoms with Crippen LogP contribution in [-0.4, -0.2) is 22.0 Å². The van der Waals surface area contributed by atoms with Crippen LogP contribution >= 0.6 is 11.3 Å². The molecule has 0 aliphatic carbocycles. The lowest BCUT2D eigenvalue weighted by atomic mass is 10.1. The van der Waals surface area contributed by atoms with Crippen LogP contribution in [0.1, 0.15) is 32.0 Å². The van der Waals surface area contributed by atoms with Gasteiger partial charge in [-0.2, -0.15) is 0 Å². The highest BCUT2D eigenvalue weighted by Crippen LogP contribution is 2.17. The number of nitrogens with zero attached hydrogens (tertiary/aromatic N) is 1. The minimum Gasteiger partial charge on any atom is -0.476 e. The van der Waals surface area contributed by atoms with E-state index in [1.165, 1.54) is 5.38 Å². The number of aryl methyl sites for hydroxylation is 2. The summed E-state index contributed by atoms with van der Waals surface area (Å²) < 4.78 is 0. The Bertz CT molecular complexity index is 649. The van der Waals surface area contributed by atoms with E-state index < -0.39 is 5.97 Å². The van der Waals surface area contributed by atoms with E-state index in [0.29, 0.717) is 5.56 Å². The SMILES string of the molecule is Cc1ccc(C(=O)Nc2nc(C(=O)O)cs2)cc1C. The zero-order chi connectivity index (χ0) is 14.0. The van der Waals surface area contributed by atoms with E-state index in [1.807, 2.05) is 19.9 Å². The van der Waals surface area contributed by atoms with Crippen LogP contribution in [0.25, 0.3) is 0 Å². The summed E-state index contributed by atoms with van der Waals surface area (Å²) in [5, 5.41) is 13.0. The molecule has 0 aliphatic rings. The fourth-order valence-electron chi connectivity index (χ4n) is 1.48. The van der Waals surface area contributed by atoms with E-state index in [1.54, 1.807) is 12.1 Å². The maximum absolute atomic E-state index is 12.0. The summed E-state index contributed by atoms with van der Waals surface area (Å²) in [6, 6.07) is 5.38. The first-order valence-corrected chi connectivity index (χ1v) is 6.43. The molecule has 2 aromatic rings. The van der Waals surface area contributed by atoms with E-state index in [4.69, 9.17) is 5.11 Å². The zero-order valence-corrected chi connectivity index (χ0v) is 11.2. The number of amides is 1. The first-order chi connectivity index (χ1) is 8.97. The van der Waals surface area contributed by atoms with Gasteiger partial charge < -0.3 is 5.11 Å². The molecular weight excluding hydrogens is 264 g/mol. The number of carbonyl (C=O) groups excluding carboxylic acids is 1. The number of carboxylic acids is 1. The van der Waals surface area contributed by atoms with Gasteiger partial charge in [0.05, 0.1) is 0 Å². The van der Waals surface area contributed by atoms with Crippen molar-refractivity contribution in [2.75, 3.05) is 5.32 Å². The number of carboxylic acid groups (broad SMARTS) is 1. The maximum atomic E-state index is 12.0. The molecule has 0 saturated carbocycles. The number of rotatable bonds is 3. The number of benzene rings is 1. The Balaban J connectivity index is 2.15. The molecule has 0 unspecified atom stereocenters. The Hall–Kier alpha value is -2.21. The third-order valence-electron chi connectivity index (χ3n) is 2.71. The summed E-state index contributed by atoms with van der Waals surface area (Å²) in [5.41, 5.74) is 2.59. The average Bonchev–Trinajstić information content (AvgIpc) is 2.81. The van der Waals surface area contributed by atoms with E-state index in [2.05, 4.69) is 10.3 Å². The molecule has 2 N–H and O–H groups in total. The molecule has 5 nitrogen and oxygen atoms in total. The highest BCUT2D eigenvalue weighted by atomic mass is 32.1. The zero-order valence-electron chi connectivity index (χ0n) is 10.4. The van der Waals surface area contributed by atoms with Gasteiger partial charge >= 0.3 is 5.97 Å². The highest BCUT2D eigenvalue weighted by molar-refractivity contribution is 7.14. The van der Waals surface area contributed by atoms with Crippen molar-refractivity contribution >= 4 is 28.3 Å². The third-order valence-corrected chi connectivity index (χ3v) is 3.47. The first kappa shape index (κ1) is 13.2. The summed E-state index contributed by atoms with van der Waals surface area (Å²) in [5.74, 6) is -1.41. The Morgan fingerprint density at radius 3 is 2.58 bits per heavy atom. The number of hydrogen-bond donors (Lipinski definition) is 2. The number of aromatic nitrogens is 1. The molecular formula is C13H12N2O3S. The molecule has 0 fully saturated rings. The van der Waals surface area contributed by atoms with Crippen molar-refractivity contribution < 1.29 is 14.7 Å². The van der Waals surface area contributed by atoms with Crippen LogP contribution in [0.2, 0.25) is 0 Å². The normalized spacial score (nSPS) is 10.2. The Morgan fingerprint density at radius 1 is 1.26 bits per heavy atom. The van der Waals surface area contributed by atoms with Gasteiger partial charge in [0.2, 0.25) is 0 Å². The lowest BCUT2D eigenvalue weighted by Crippen LogP contribution is -2.12. The summed E-state index contributed by atoms with van der Waals surface area (Å²) >= 11 is 1.08. The molecule has 1 heterocycles. The van der Waals surface area contributed by atoms with Gasteiger partial charge in [-0.3, -0.25) is 10.1 Å². The van der Waals surface area contributed by atoms with Crippen molar-refractivity contribution in [3.05, 3.63) is 46.0 Å². The summed E-state index contributed by atoms with van der Waals surface area (Å²) in [6.07, 6.45) is 0. The van der Waals surface area contributed by atoms with Gasteiger partial charge in [-0.1, -0.05) is 6.07 Å². The molecule has 6 heteroatoms. The van der Waals surface area contributed by atoms with Gasteiger partial charge in [0.1, 0.15) is 0 Å². The van der Waals surface area contributed by atoms with Crippen molar-refractivity contribution in [3.8, 4) is 0 Å². The molecule has 1 amide bonds.